The van der Waals surface area contributed by atoms with Crippen molar-refractivity contribution in [1.82, 2.24) is 4.90 Å². The molecule has 0 aromatic heterocycles. The van der Waals surface area contributed by atoms with Gasteiger partial charge in [0.25, 0.3) is 5.91 Å². The summed E-state index contributed by atoms with van der Waals surface area (Å²) in [5, 5.41) is 0.647. The van der Waals surface area contributed by atoms with Crippen molar-refractivity contribution < 1.29 is 14.4 Å². The number of anilines is 1. The number of amides is 3. The van der Waals surface area contributed by atoms with Gasteiger partial charge in [-0.05, 0) is 67.3 Å². The molecule has 1 heterocycles. The number of carbonyl (C=O) groups excluding carboxylic acids is 3. The van der Waals surface area contributed by atoms with E-state index in [1.165, 1.54) is 15.9 Å². The highest BCUT2D eigenvalue weighted by Gasteiger charge is 2.67. The number of halogens is 2. The topological polar surface area (TPSA) is 57.7 Å². The van der Waals surface area contributed by atoms with Gasteiger partial charge in [0.05, 0.1) is 22.4 Å². The maximum atomic E-state index is 13.6. The molecule has 0 spiro atoms. The highest BCUT2D eigenvalue weighted by Crippen LogP contribution is 2.65. The van der Waals surface area contributed by atoms with Crippen molar-refractivity contribution in [2.45, 2.75) is 13.3 Å². The van der Waals surface area contributed by atoms with Gasteiger partial charge in [-0.2, -0.15) is 0 Å². The second-order valence-corrected chi connectivity index (χ2v) is 10.4. The third kappa shape index (κ3) is 3.17. The van der Waals surface area contributed by atoms with Gasteiger partial charge in [-0.1, -0.05) is 53.1 Å². The molecule has 4 aliphatic carbocycles. The Bertz CT molecular complexity index is 1190. The minimum atomic E-state index is -0.389. The minimum Gasteiger partial charge on any atom is -0.290 e. The zero-order valence-electron chi connectivity index (χ0n) is 17.9. The number of imide groups is 1. The van der Waals surface area contributed by atoms with Gasteiger partial charge in [0.15, 0.2) is 0 Å². The van der Waals surface area contributed by atoms with E-state index in [1.54, 1.807) is 12.1 Å². The Hall–Kier alpha value is -2.63. The summed E-state index contributed by atoms with van der Waals surface area (Å²) in [6.07, 6.45) is 5.40. The van der Waals surface area contributed by atoms with E-state index < -0.39 is 0 Å². The lowest BCUT2D eigenvalue weighted by molar-refractivity contribution is -0.140. The molecule has 0 N–H and O–H groups in total. The van der Waals surface area contributed by atoms with E-state index in [2.05, 4.69) is 12.2 Å². The quantitative estimate of drug-likeness (QED) is 0.458. The molecule has 2 saturated carbocycles. The third-order valence-electron chi connectivity index (χ3n) is 7.79. The molecule has 2 aromatic carbocycles. The van der Waals surface area contributed by atoms with E-state index >= 15 is 0 Å². The predicted octanol–water partition coefficient (Wildman–Crippen LogP) is 4.96. The van der Waals surface area contributed by atoms with Crippen LogP contribution < -0.4 is 4.90 Å². The second-order valence-electron chi connectivity index (χ2n) is 9.59. The van der Waals surface area contributed by atoms with Crippen molar-refractivity contribution in [2.75, 3.05) is 11.6 Å². The summed E-state index contributed by atoms with van der Waals surface area (Å²) in [7, 11) is 0. The van der Waals surface area contributed by atoms with E-state index in [4.69, 9.17) is 23.2 Å². The number of benzene rings is 2. The average Bonchev–Trinajstić information content (AvgIpc) is 3.58. The summed E-state index contributed by atoms with van der Waals surface area (Å²) >= 11 is 12.4. The molecule has 6 unspecified atom stereocenters. The largest absolute Gasteiger partial charge is 0.290 e. The van der Waals surface area contributed by atoms with Gasteiger partial charge in [0.2, 0.25) is 11.8 Å². The number of rotatable bonds is 4. The Morgan fingerprint density at radius 3 is 2.15 bits per heavy atom. The van der Waals surface area contributed by atoms with E-state index in [-0.39, 0.29) is 58.6 Å². The SMILES string of the molecule is Cc1ccc(N(CN2C(=O)C3C4C=CC(C5CC45)C3C2=O)C(=O)c2ccc(Cl)cc2Cl)cc1. The van der Waals surface area contributed by atoms with Crippen LogP contribution in [-0.2, 0) is 9.59 Å². The molecule has 3 amide bonds. The summed E-state index contributed by atoms with van der Waals surface area (Å²) < 4.78 is 0. The molecular formula is C26H22Cl2N2O3. The third-order valence-corrected chi connectivity index (χ3v) is 8.34. The fraction of sp³-hybridized carbons (Fsp3) is 0.346. The lowest BCUT2D eigenvalue weighted by Crippen LogP contribution is -2.45. The first-order chi connectivity index (χ1) is 15.8. The smallest absolute Gasteiger partial charge is 0.261 e. The highest BCUT2D eigenvalue weighted by molar-refractivity contribution is 6.37. The van der Waals surface area contributed by atoms with Crippen LogP contribution in [0.5, 0.6) is 0 Å². The van der Waals surface area contributed by atoms with Crippen LogP contribution in [0.4, 0.5) is 5.69 Å². The van der Waals surface area contributed by atoms with Crippen LogP contribution in [0.2, 0.25) is 10.0 Å². The number of carbonyl (C=O) groups is 3. The first-order valence-corrected chi connectivity index (χ1v) is 12.0. The van der Waals surface area contributed by atoms with Crippen molar-refractivity contribution in [3.05, 3.63) is 75.8 Å². The van der Waals surface area contributed by atoms with Crippen LogP contribution in [-0.4, -0.2) is 29.3 Å². The lowest BCUT2D eigenvalue weighted by Gasteiger charge is -2.37. The number of nitrogens with zero attached hydrogens (tertiary/aromatic N) is 2. The summed E-state index contributed by atoms with van der Waals surface area (Å²) in [5.41, 5.74) is 1.90. The summed E-state index contributed by atoms with van der Waals surface area (Å²) in [6.45, 7) is 1.82. The maximum absolute atomic E-state index is 13.6. The monoisotopic (exact) mass is 480 g/mol. The first-order valence-electron chi connectivity index (χ1n) is 11.2. The van der Waals surface area contributed by atoms with Gasteiger partial charge >= 0.3 is 0 Å². The molecule has 1 saturated heterocycles. The number of allylic oxidation sites excluding steroid dienone is 2. The van der Waals surface area contributed by atoms with Crippen LogP contribution in [0.3, 0.4) is 0 Å². The molecule has 33 heavy (non-hydrogen) atoms. The number of aryl methyl sites for hydroxylation is 1. The zero-order chi connectivity index (χ0) is 23.0. The van der Waals surface area contributed by atoms with Crippen molar-refractivity contribution >= 4 is 46.6 Å². The number of likely N-dealkylation sites (tertiary alicyclic amines) is 1. The van der Waals surface area contributed by atoms with Gasteiger partial charge in [0, 0.05) is 10.7 Å². The molecule has 5 aliphatic rings. The van der Waals surface area contributed by atoms with Gasteiger partial charge in [-0.25, -0.2) is 0 Å². The van der Waals surface area contributed by atoms with Crippen LogP contribution in [0, 0.1) is 42.4 Å². The molecule has 0 radical (unpaired) electrons. The Morgan fingerprint density at radius 2 is 1.58 bits per heavy atom. The Balaban J connectivity index is 1.35. The molecule has 2 aromatic rings. The fourth-order valence-corrected chi connectivity index (χ4v) is 6.58. The summed E-state index contributed by atoms with van der Waals surface area (Å²) in [4.78, 5) is 43.3. The average molecular weight is 481 g/mol. The standard InChI is InChI=1S/C26H22Cl2N2O3/c1-13-2-5-15(6-3-13)29(24(31)18-7-4-14(27)10-21(18)28)12-30-25(32)22-16-8-9-17(20-11-19(16)20)23(22)26(30)33/h2-10,16-17,19-20,22-23H,11-12H2,1H3. The highest BCUT2D eigenvalue weighted by atomic mass is 35.5. The van der Waals surface area contributed by atoms with Crippen molar-refractivity contribution in [1.29, 1.82) is 0 Å². The van der Waals surface area contributed by atoms with Crippen molar-refractivity contribution in [2.24, 2.45) is 35.5 Å². The molecule has 1 aliphatic heterocycles. The molecule has 7 heteroatoms. The van der Waals surface area contributed by atoms with Gasteiger partial charge < -0.3 is 0 Å². The van der Waals surface area contributed by atoms with Crippen LogP contribution in [0.1, 0.15) is 22.3 Å². The van der Waals surface area contributed by atoms with Crippen molar-refractivity contribution in [3.63, 3.8) is 0 Å². The Kier molecular flexibility index (Phi) is 4.72. The maximum Gasteiger partial charge on any atom is 0.261 e. The van der Waals surface area contributed by atoms with E-state index in [9.17, 15) is 14.4 Å². The molecule has 7 rings (SSSR count). The second kappa shape index (κ2) is 7.44. The van der Waals surface area contributed by atoms with Crippen LogP contribution >= 0.6 is 23.2 Å². The van der Waals surface area contributed by atoms with Gasteiger partial charge in [-0.15, -0.1) is 0 Å². The minimum absolute atomic E-state index is 0.139. The normalized spacial score (nSPS) is 30.9. The zero-order valence-corrected chi connectivity index (χ0v) is 19.5. The lowest BCUT2D eigenvalue weighted by atomic mass is 9.63. The Morgan fingerprint density at radius 1 is 0.970 bits per heavy atom. The fourth-order valence-electron chi connectivity index (χ4n) is 6.10. The van der Waals surface area contributed by atoms with Gasteiger partial charge in [-0.3, -0.25) is 24.2 Å². The number of hydrogen-bond acceptors (Lipinski definition) is 3. The number of hydrogen-bond donors (Lipinski definition) is 0. The predicted molar refractivity (Wildman–Crippen MR) is 126 cm³/mol. The molecule has 168 valence electrons. The first kappa shape index (κ1) is 20.9. The molecule has 5 nitrogen and oxygen atoms in total. The summed E-state index contributed by atoms with van der Waals surface area (Å²) in [5.74, 6) is 0.0157. The van der Waals surface area contributed by atoms with Crippen molar-refractivity contribution in [3.8, 4) is 0 Å². The van der Waals surface area contributed by atoms with E-state index in [0.29, 0.717) is 22.5 Å². The van der Waals surface area contributed by atoms with Crippen LogP contribution in [0.25, 0.3) is 0 Å². The van der Waals surface area contributed by atoms with E-state index in [1.807, 2.05) is 31.2 Å². The Labute approximate surface area is 201 Å². The van der Waals surface area contributed by atoms with E-state index in [0.717, 1.165) is 12.0 Å². The van der Waals surface area contributed by atoms with Crippen LogP contribution in [0.15, 0.2) is 54.6 Å². The summed E-state index contributed by atoms with van der Waals surface area (Å²) in [6, 6.07) is 12.1. The molecular weight excluding hydrogens is 459 g/mol. The molecule has 6 atom stereocenters. The molecule has 3 fully saturated rings. The molecule has 2 bridgehead atoms. The van der Waals surface area contributed by atoms with Gasteiger partial charge in [0.1, 0.15) is 6.67 Å².